The van der Waals surface area contributed by atoms with E-state index in [1.165, 1.54) is 0 Å². The molecule has 1 atom stereocenters. The van der Waals surface area contributed by atoms with Crippen LogP contribution in [0.3, 0.4) is 0 Å². The summed E-state index contributed by atoms with van der Waals surface area (Å²) in [5, 5.41) is 4.20. The number of nitrogens with one attached hydrogen (secondary N) is 1. The van der Waals surface area contributed by atoms with Crippen LogP contribution < -0.4 is 10.1 Å². The summed E-state index contributed by atoms with van der Waals surface area (Å²) >= 11 is 5.98. The van der Waals surface area contributed by atoms with E-state index in [-0.39, 0.29) is 0 Å². The van der Waals surface area contributed by atoms with Gasteiger partial charge in [0.05, 0.1) is 7.11 Å². The van der Waals surface area contributed by atoms with Crippen molar-refractivity contribution in [2.45, 2.75) is 27.3 Å². The molecule has 1 unspecified atom stereocenters. The second-order valence-electron chi connectivity index (χ2n) is 4.81. The van der Waals surface area contributed by atoms with Gasteiger partial charge in [-0.15, -0.1) is 0 Å². The molecule has 0 fully saturated rings. The lowest BCUT2D eigenvalue weighted by atomic mass is 9.98. The van der Waals surface area contributed by atoms with Crippen LogP contribution in [0.15, 0.2) is 18.2 Å². The van der Waals surface area contributed by atoms with Gasteiger partial charge in [-0.25, -0.2) is 0 Å². The van der Waals surface area contributed by atoms with Crippen molar-refractivity contribution in [3.63, 3.8) is 0 Å². The maximum absolute atomic E-state index is 5.98. The van der Waals surface area contributed by atoms with Gasteiger partial charge >= 0.3 is 0 Å². The van der Waals surface area contributed by atoms with E-state index in [2.05, 4.69) is 26.1 Å². The Morgan fingerprint density at radius 3 is 2.59 bits per heavy atom. The van der Waals surface area contributed by atoms with Crippen molar-refractivity contribution in [1.82, 2.24) is 5.32 Å². The highest BCUT2D eigenvalue weighted by Crippen LogP contribution is 2.22. The molecule has 0 amide bonds. The molecule has 0 saturated heterocycles. The average molecular weight is 256 g/mol. The van der Waals surface area contributed by atoms with E-state index in [9.17, 15) is 0 Å². The topological polar surface area (TPSA) is 21.3 Å². The van der Waals surface area contributed by atoms with Crippen LogP contribution >= 0.6 is 11.6 Å². The number of benzene rings is 1. The zero-order valence-corrected chi connectivity index (χ0v) is 11.8. The van der Waals surface area contributed by atoms with Crippen molar-refractivity contribution in [2.24, 2.45) is 11.8 Å². The Labute approximate surface area is 109 Å². The quantitative estimate of drug-likeness (QED) is 0.836. The molecule has 96 valence electrons. The van der Waals surface area contributed by atoms with Gasteiger partial charge in [0.2, 0.25) is 0 Å². The minimum Gasteiger partial charge on any atom is -0.496 e. The number of methoxy groups -OCH3 is 1. The highest BCUT2D eigenvalue weighted by Gasteiger charge is 2.08. The standard InChI is InChI=1S/C14H22ClNO/c1-10(2)11(3)8-16-9-12-7-13(15)5-6-14(12)17-4/h5-7,10-11,16H,8-9H2,1-4H3. The first-order valence-corrected chi connectivity index (χ1v) is 6.45. The molecule has 17 heavy (non-hydrogen) atoms. The lowest BCUT2D eigenvalue weighted by Gasteiger charge is -2.17. The molecule has 0 saturated carbocycles. The van der Waals surface area contributed by atoms with Crippen molar-refractivity contribution in [1.29, 1.82) is 0 Å². The van der Waals surface area contributed by atoms with Gasteiger partial charge in [0.15, 0.2) is 0 Å². The Bertz CT molecular complexity index is 352. The summed E-state index contributed by atoms with van der Waals surface area (Å²) < 4.78 is 5.31. The predicted octanol–water partition coefficient (Wildman–Crippen LogP) is 3.73. The highest BCUT2D eigenvalue weighted by molar-refractivity contribution is 6.30. The monoisotopic (exact) mass is 255 g/mol. The zero-order chi connectivity index (χ0) is 12.8. The fourth-order valence-corrected chi connectivity index (χ4v) is 1.75. The van der Waals surface area contributed by atoms with E-state index in [0.717, 1.165) is 29.4 Å². The molecule has 0 spiro atoms. The molecule has 1 rings (SSSR count). The Morgan fingerprint density at radius 2 is 2.00 bits per heavy atom. The van der Waals surface area contributed by atoms with Crippen LogP contribution in [0.2, 0.25) is 5.02 Å². The summed E-state index contributed by atoms with van der Waals surface area (Å²) in [5.74, 6) is 2.25. The van der Waals surface area contributed by atoms with Gasteiger partial charge in [-0.2, -0.15) is 0 Å². The molecule has 0 aliphatic heterocycles. The maximum atomic E-state index is 5.98. The van der Waals surface area contributed by atoms with E-state index in [4.69, 9.17) is 16.3 Å². The summed E-state index contributed by atoms with van der Waals surface area (Å²) in [5.41, 5.74) is 1.11. The molecule has 0 bridgehead atoms. The second kappa shape index (κ2) is 6.87. The average Bonchev–Trinajstić information content (AvgIpc) is 2.29. The predicted molar refractivity (Wildman–Crippen MR) is 73.7 cm³/mol. The smallest absolute Gasteiger partial charge is 0.123 e. The summed E-state index contributed by atoms with van der Waals surface area (Å²) in [6, 6.07) is 5.71. The Balaban J connectivity index is 2.53. The molecule has 1 N–H and O–H groups in total. The zero-order valence-electron chi connectivity index (χ0n) is 11.1. The lowest BCUT2D eigenvalue weighted by molar-refractivity contribution is 0.384. The van der Waals surface area contributed by atoms with Gasteiger partial charge < -0.3 is 10.1 Å². The first-order chi connectivity index (χ1) is 8.04. The molecule has 1 aromatic carbocycles. The van der Waals surface area contributed by atoms with Gasteiger partial charge in [0.25, 0.3) is 0 Å². The summed E-state index contributed by atoms with van der Waals surface area (Å²) in [6.45, 7) is 8.54. The minimum absolute atomic E-state index is 0.667. The maximum Gasteiger partial charge on any atom is 0.123 e. The number of hydrogen-bond acceptors (Lipinski definition) is 2. The molecule has 0 aliphatic carbocycles. The third-order valence-corrected chi connectivity index (χ3v) is 3.40. The summed E-state index contributed by atoms with van der Waals surface area (Å²) in [4.78, 5) is 0. The van der Waals surface area contributed by atoms with Crippen LogP contribution in [-0.4, -0.2) is 13.7 Å². The molecule has 3 heteroatoms. The first kappa shape index (κ1) is 14.3. The largest absolute Gasteiger partial charge is 0.496 e. The number of rotatable bonds is 6. The number of halogens is 1. The molecular weight excluding hydrogens is 234 g/mol. The molecule has 0 aromatic heterocycles. The molecule has 0 radical (unpaired) electrons. The number of ether oxygens (including phenoxy) is 1. The third kappa shape index (κ3) is 4.57. The van der Waals surface area contributed by atoms with Gasteiger partial charge in [-0.3, -0.25) is 0 Å². The molecule has 2 nitrogen and oxygen atoms in total. The van der Waals surface area contributed by atoms with Gasteiger partial charge in [0.1, 0.15) is 5.75 Å². The van der Waals surface area contributed by atoms with E-state index < -0.39 is 0 Å². The molecule has 0 heterocycles. The van der Waals surface area contributed by atoms with E-state index in [0.29, 0.717) is 11.8 Å². The van der Waals surface area contributed by atoms with Gasteiger partial charge in [-0.1, -0.05) is 32.4 Å². The van der Waals surface area contributed by atoms with E-state index in [1.54, 1.807) is 7.11 Å². The van der Waals surface area contributed by atoms with Crippen molar-refractivity contribution in [2.75, 3.05) is 13.7 Å². The van der Waals surface area contributed by atoms with Crippen LogP contribution in [0.4, 0.5) is 0 Å². The minimum atomic E-state index is 0.667. The van der Waals surface area contributed by atoms with Crippen LogP contribution in [0, 0.1) is 11.8 Å². The third-order valence-electron chi connectivity index (χ3n) is 3.16. The SMILES string of the molecule is COc1ccc(Cl)cc1CNCC(C)C(C)C. The van der Waals surface area contributed by atoms with Crippen molar-refractivity contribution < 1.29 is 4.74 Å². The van der Waals surface area contributed by atoms with Crippen LogP contribution in [0.1, 0.15) is 26.3 Å². The van der Waals surface area contributed by atoms with E-state index in [1.807, 2.05) is 18.2 Å². The first-order valence-electron chi connectivity index (χ1n) is 6.07. The van der Waals surface area contributed by atoms with Crippen LogP contribution in [0.25, 0.3) is 0 Å². The van der Waals surface area contributed by atoms with Crippen molar-refractivity contribution in [3.8, 4) is 5.75 Å². The van der Waals surface area contributed by atoms with Gasteiger partial charge in [0, 0.05) is 17.1 Å². The Morgan fingerprint density at radius 1 is 1.29 bits per heavy atom. The van der Waals surface area contributed by atoms with Crippen molar-refractivity contribution >= 4 is 11.6 Å². The van der Waals surface area contributed by atoms with Crippen LogP contribution in [0.5, 0.6) is 5.75 Å². The Kier molecular flexibility index (Phi) is 5.79. The van der Waals surface area contributed by atoms with Gasteiger partial charge in [-0.05, 0) is 36.6 Å². The van der Waals surface area contributed by atoms with Crippen LogP contribution in [-0.2, 0) is 6.54 Å². The van der Waals surface area contributed by atoms with Crippen molar-refractivity contribution in [3.05, 3.63) is 28.8 Å². The normalized spacial score (nSPS) is 12.8. The van der Waals surface area contributed by atoms with E-state index >= 15 is 0 Å². The fourth-order valence-electron chi connectivity index (χ4n) is 1.56. The second-order valence-corrected chi connectivity index (χ2v) is 5.24. The number of hydrogen-bond donors (Lipinski definition) is 1. The fraction of sp³-hybridized carbons (Fsp3) is 0.571. The lowest BCUT2D eigenvalue weighted by Crippen LogP contribution is -2.24. The highest BCUT2D eigenvalue weighted by atomic mass is 35.5. The molecular formula is C14H22ClNO. The summed E-state index contributed by atoms with van der Waals surface area (Å²) in [6.07, 6.45) is 0. The Hall–Kier alpha value is -0.730. The summed E-state index contributed by atoms with van der Waals surface area (Å²) in [7, 11) is 1.68. The molecule has 0 aliphatic rings. The molecule has 1 aromatic rings.